The van der Waals surface area contributed by atoms with Gasteiger partial charge in [0.05, 0.1) is 23.8 Å². The average molecular weight is 503 g/mol. The van der Waals surface area contributed by atoms with Crippen LogP contribution in [0.4, 0.5) is 13.2 Å². The van der Waals surface area contributed by atoms with Gasteiger partial charge in [-0.3, -0.25) is 9.59 Å². The quantitative estimate of drug-likeness (QED) is 0.607. The van der Waals surface area contributed by atoms with Crippen molar-refractivity contribution in [2.24, 2.45) is 5.92 Å². The van der Waals surface area contributed by atoms with E-state index in [-0.39, 0.29) is 30.1 Å². The van der Waals surface area contributed by atoms with Crippen molar-refractivity contribution in [3.8, 4) is 11.8 Å². The van der Waals surface area contributed by atoms with E-state index in [0.717, 1.165) is 16.6 Å². The van der Waals surface area contributed by atoms with Crippen LogP contribution in [-0.4, -0.2) is 67.7 Å². The first kappa shape index (κ1) is 25.8. The van der Waals surface area contributed by atoms with Crippen molar-refractivity contribution in [3.63, 3.8) is 0 Å². The monoisotopic (exact) mass is 502 g/mol. The van der Waals surface area contributed by atoms with E-state index in [1.165, 1.54) is 24.1 Å². The van der Waals surface area contributed by atoms with Gasteiger partial charge in [-0.2, -0.15) is 9.57 Å². The highest BCUT2D eigenvalue weighted by molar-refractivity contribution is 7.88. The Bertz CT molecular complexity index is 1110. The van der Waals surface area contributed by atoms with E-state index in [2.05, 4.69) is 10.1 Å². The van der Waals surface area contributed by atoms with Gasteiger partial charge in [-0.05, 0) is 37.8 Å². The minimum Gasteiger partial charge on any atom is -0.405 e. The molecule has 3 rings (SSSR count). The second-order valence-electron chi connectivity index (χ2n) is 8.55. The summed E-state index contributed by atoms with van der Waals surface area (Å²) in [6.45, 7) is 0.214. The second kappa shape index (κ2) is 9.42. The first-order valence-electron chi connectivity index (χ1n) is 10.6. The zero-order valence-corrected chi connectivity index (χ0v) is 19.5. The fourth-order valence-electron chi connectivity index (χ4n) is 4.09. The molecule has 1 saturated heterocycles. The molecule has 0 spiro atoms. The standard InChI is InChI=1S/C21H25F3N4O5S/c1-27(34(2,31)32)20(7-8-20)19(30)28-9-3-4-16(13-28)18(29)26-12-15-6-5-14(11-25)10-17(15)33-21(22,23)24/h5-6,10,16H,3-4,7-9,12-13H2,1-2H3,(H,26,29)/t16-/m1/s1. The van der Waals surface area contributed by atoms with Crippen LogP contribution in [0.1, 0.15) is 36.8 Å². The summed E-state index contributed by atoms with van der Waals surface area (Å²) in [6.07, 6.45) is -2.11. The third-order valence-corrected chi connectivity index (χ3v) is 7.52. The Labute approximate surface area is 195 Å². The molecule has 0 radical (unpaired) electrons. The molecule has 0 aromatic heterocycles. The molecule has 1 saturated carbocycles. The molecule has 0 bridgehead atoms. The highest BCUT2D eigenvalue weighted by atomic mass is 32.2. The Hall–Kier alpha value is -2.85. The molecule has 1 aromatic carbocycles. The molecule has 13 heteroatoms. The van der Waals surface area contributed by atoms with Gasteiger partial charge in [-0.1, -0.05) is 6.07 Å². The molecule has 186 valence electrons. The Morgan fingerprint density at radius 2 is 2.03 bits per heavy atom. The Kier molecular flexibility index (Phi) is 7.14. The Morgan fingerprint density at radius 1 is 1.35 bits per heavy atom. The topological polar surface area (TPSA) is 120 Å². The van der Waals surface area contributed by atoms with Gasteiger partial charge in [0.25, 0.3) is 0 Å². The fraction of sp³-hybridized carbons (Fsp3) is 0.571. The van der Waals surface area contributed by atoms with Gasteiger partial charge in [-0.25, -0.2) is 8.42 Å². The molecular weight excluding hydrogens is 477 g/mol. The first-order valence-corrected chi connectivity index (χ1v) is 12.4. The van der Waals surface area contributed by atoms with Crippen LogP contribution in [0.15, 0.2) is 18.2 Å². The van der Waals surface area contributed by atoms with Gasteiger partial charge in [0.1, 0.15) is 11.3 Å². The number of rotatable bonds is 7. The maximum absolute atomic E-state index is 13.1. The van der Waals surface area contributed by atoms with Crippen LogP contribution in [0.5, 0.6) is 5.75 Å². The number of nitrogens with zero attached hydrogens (tertiary/aromatic N) is 3. The lowest BCUT2D eigenvalue weighted by molar-refractivity contribution is -0.274. The van der Waals surface area contributed by atoms with Crippen LogP contribution in [0.25, 0.3) is 0 Å². The van der Waals surface area contributed by atoms with Gasteiger partial charge in [-0.15, -0.1) is 13.2 Å². The number of hydrogen-bond acceptors (Lipinski definition) is 6. The minimum atomic E-state index is -4.96. The first-order chi connectivity index (χ1) is 15.8. The molecule has 2 amide bonds. The number of likely N-dealkylation sites (N-methyl/N-ethyl adjacent to an activating group) is 1. The van der Waals surface area contributed by atoms with Gasteiger partial charge in [0.2, 0.25) is 21.8 Å². The van der Waals surface area contributed by atoms with Gasteiger partial charge in [0.15, 0.2) is 0 Å². The van der Waals surface area contributed by atoms with Crippen LogP contribution in [0, 0.1) is 17.2 Å². The summed E-state index contributed by atoms with van der Waals surface area (Å²) in [7, 11) is -2.21. The van der Waals surface area contributed by atoms with Crippen molar-refractivity contribution in [3.05, 3.63) is 29.3 Å². The molecule has 2 fully saturated rings. The van der Waals surface area contributed by atoms with Crippen molar-refractivity contribution in [2.45, 2.75) is 44.1 Å². The molecule has 1 aliphatic heterocycles. The SMILES string of the molecule is CN(C1(C(=O)N2CCC[C@@H](C(=O)NCc3ccc(C#N)cc3OC(F)(F)F)C2)CC1)S(C)(=O)=O. The lowest BCUT2D eigenvalue weighted by Gasteiger charge is -2.36. The van der Waals surface area contributed by atoms with Crippen molar-refractivity contribution < 1.29 is 35.9 Å². The largest absolute Gasteiger partial charge is 0.573 e. The van der Waals surface area contributed by atoms with Gasteiger partial charge in [0, 0.05) is 32.2 Å². The summed E-state index contributed by atoms with van der Waals surface area (Å²) in [4.78, 5) is 27.3. The molecule has 9 nitrogen and oxygen atoms in total. The van der Waals surface area contributed by atoms with Crippen LogP contribution < -0.4 is 10.1 Å². The molecular formula is C21H25F3N4O5S. The molecule has 1 heterocycles. The number of amides is 2. The zero-order chi connectivity index (χ0) is 25.3. The normalized spacial score (nSPS) is 19.9. The number of piperidine rings is 1. The summed E-state index contributed by atoms with van der Waals surface area (Å²) in [5.41, 5.74) is -1.10. The van der Waals surface area contributed by atoms with E-state index < -0.39 is 39.5 Å². The van der Waals surface area contributed by atoms with Gasteiger partial charge < -0.3 is 15.0 Å². The molecule has 1 N–H and O–H groups in total. The van der Waals surface area contributed by atoms with E-state index in [1.54, 1.807) is 6.07 Å². The summed E-state index contributed by atoms with van der Waals surface area (Å²) in [6, 6.07) is 5.27. The number of carbonyl (C=O) groups excluding carboxylic acids is 2. The number of hydrogen-bond donors (Lipinski definition) is 1. The average Bonchev–Trinajstić information content (AvgIpc) is 3.57. The van der Waals surface area contributed by atoms with Crippen molar-refractivity contribution >= 4 is 21.8 Å². The van der Waals surface area contributed by atoms with Crippen LogP contribution in [-0.2, 0) is 26.2 Å². The zero-order valence-electron chi connectivity index (χ0n) is 18.7. The van der Waals surface area contributed by atoms with Crippen molar-refractivity contribution in [2.75, 3.05) is 26.4 Å². The summed E-state index contributed by atoms with van der Waals surface area (Å²) in [5, 5.41) is 11.5. The lowest BCUT2D eigenvalue weighted by Crippen LogP contribution is -2.54. The number of halogens is 3. The predicted molar refractivity (Wildman–Crippen MR) is 114 cm³/mol. The summed E-state index contributed by atoms with van der Waals surface area (Å²) >= 11 is 0. The van der Waals surface area contributed by atoms with Crippen LogP contribution in [0.2, 0.25) is 0 Å². The molecule has 1 atom stereocenters. The van der Waals surface area contributed by atoms with Crippen molar-refractivity contribution in [1.82, 2.24) is 14.5 Å². The Balaban J connectivity index is 1.66. The molecule has 34 heavy (non-hydrogen) atoms. The maximum Gasteiger partial charge on any atom is 0.573 e. The second-order valence-corrected chi connectivity index (χ2v) is 10.6. The number of nitrogens with one attached hydrogen (secondary N) is 1. The van der Waals surface area contributed by atoms with E-state index in [1.807, 2.05) is 0 Å². The molecule has 0 unspecified atom stereocenters. The van der Waals surface area contributed by atoms with E-state index >= 15 is 0 Å². The minimum absolute atomic E-state index is 0.0242. The fourth-order valence-corrected chi connectivity index (χ4v) is 4.98. The van der Waals surface area contributed by atoms with Crippen LogP contribution >= 0.6 is 0 Å². The molecule has 1 aromatic rings. The summed E-state index contributed by atoms with van der Waals surface area (Å²) in [5.74, 6) is -1.96. The molecule has 2 aliphatic rings. The Morgan fingerprint density at radius 3 is 2.59 bits per heavy atom. The number of likely N-dealkylation sites (tertiary alicyclic amines) is 1. The lowest BCUT2D eigenvalue weighted by atomic mass is 9.96. The third kappa shape index (κ3) is 5.79. The number of nitriles is 1. The van der Waals surface area contributed by atoms with E-state index in [9.17, 15) is 31.2 Å². The molecule has 1 aliphatic carbocycles. The number of benzene rings is 1. The third-order valence-electron chi connectivity index (χ3n) is 6.18. The number of alkyl halides is 3. The van der Waals surface area contributed by atoms with Gasteiger partial charge >= 0.3 is 6.36 Å². The smallest absolute Gasteiger partial charge is 0.405 e. The maximum atomic E-state index is 13.1. The van der Waals surface area contributed by atoms with E-state index in [4.69, 9.17) is 5.26 Å². The number of carbonyl (C=O) groups is 2. The van der Waals surface area contributed by atoms with Crippen LogP contribution in [0.3, 0.4) is 0 Å². The highest BCUT2D eigenvalue weighted by Crippen LogP contribution is 2.44. The van der Waals surface area contributed by atoms with Crippen molar-refractivity contribution in [1.29, 1.82) is 5.26 Å². The summed E-state index contributed by atoms with van der Waals surface area (Å²) < 4.78 is 67.1. The highest BCUT2D eigenvalue weighted by Gasteiger charge is 2.58. The number of sulfonamides is 1. The predicted octanol–water partition coefficient (Wildman–Crippen LogP) is 1.74. The number of ether oxygens (including phenoxy) is 1. The van der Waals surface area contributed by atoms with E-state index in [0.29, 0.717) is 32.2 Å².